The molecule has 2 aromatic carbocycles. The van der Waals surface area contributed by atoms with Crippen LogP contribution in [-0.4, -0.2) is 20.5 Å². The van der Waals surface area contributed by atoms with Crippen molar-refractivity contribution in [2.45, 2.75) is 12.1 Å². The summed E-state index contributed by atoms with van der Waals surface area (Å²) in [6.07, 6.45) is 5.35. The summed E-state index contributed by atoms with van der Waals surface area (Å²) in [5, 5.41) is 9.05. The van der Waals surface area contributed by atoms with Gasteiger partial charge in [-0.05, 0) is 30.7 Å². The number of halogens is 1. The fourth-order valence-electron chi connectivity index (χ4n) is 2.32. The Balaban J connectivity index is 2.22. The molecule has 23 heavy (non-hydrogen) atoms. The number of benzene rings is 2. The van der Waals surface area contributed by atoms with Crippen molar-refractivity contribution in [1.29, 1.82) is 0 Å². The molecule has 0 aliphatic rings. The van der Waals surface area contributed by atoms with Crippen LogP contribution in [0.3, 0.4) is 0 Å². The minimum absolute atomic E-state index is 0.330. The van der Waals surface area contributed by atoms with Crippen LogP contribution in [0.5, 0.6) is 0 Å². The van der Waals surface area contributed by atoms with Gasteiger partial charge < -0.3 is 0 Å². The first-order valence-corrected chi connectivity index (χ1v) is 8.03. The van der Waals surface area contributed by atoms with Crippen LogP contribution in [0.25, 0.3) is 17.1 Å². The molecule has 0 amide bonds. The van der Waals surface area contributed by atoms with Gasteiger partial charge in [0, 0.05) is 0 Å². The number of para-hydroxylation sites is 1. The molecular formula is C18H14FN3S. The molecule has 3 aromatic rings. The van der Waals surface area contributed by atoms with E-state index in [-0.39, 0.29) is 5.82 Å². The van der Waals surface area contributed by atoms with E-state index < -0.39 is 0 Å². The van der Waals surface area contributed by atoms with Gasteiger partial charge in [-0.15, -0.1) is 16.6 Å². The van der Waals surface area contributed by atoms with E-state index in [9.17, 15) is 4.39 Å². The molecule has 0 saturated carbocycles. The molecule has 0 aliphatic carbocycles. The molecule has 0 spiro atoms. The molecule has 0 unspecified atom stereocenters. The summed E-state index contributed by atoms with van der Waals surface area (Å²) in [6, 6.07) is 14.4. The van der Waals surface area contributed by atoms with Crippen LogP contribution in [0.4, 0.5) is 4.39 Å². The van der Waals surface area contributed by atoms with Crippen molar-refractivity contribution in [3.8, 4) is 29.4 Å². The number of aryl methyl sites for hydroxylation is 1. The average molecular weight is 323 g/mol. The minimum Gasteiger partial charge on any atom is -0.270 e. The molecule has 0 aliphatic heterocycles. The highest BCUT2D eigenvalue weighted by Crippen LogP contribution is 2.30. The lowest BCUT2D eigenvalue weighted by Gasteiger charge is -2.12. The van der Waals surface area contributed by atoms with Crippen LogP contribution >= 0.6 is 11.8 Å². The van der Waals surface area contributed by atoms with Gasteiger partial charge in [-0.1, -0.05) is 48.0 Å². The van der Waals surface area contributed by atoms with Crippen molar-refractivity contribution in [1.82, 2.24) is 14.8 Å². The van der Waals surface area contributed by atoms with Crippen molar-refractivity contribution >= 4 is 11.8 Å². The number of hydrogen-bond acceptors (Lipinski definition) is 3. The Morgan fingerprint density at radius 1 is 1.13 bits per heavy atom. The van der Waals surface area contributed by atoms with Crippen molar-refractivity contribution in [2.24, 2.45) is 0 Å². The zero-order valence-corrected chi connectivity index (χ0v) is 13.3. The summed E-state index contributed by atoms with van der Waals surface area (Å²) in [5.74, 6) is 3.19. The third-order valence-electron chi connectivity index (χ3n) is 3.39. The first kappa shape index (κ1) is 15.3. The molecule has 114 valence electrons. The third kappa shape index (κ3) is 2.99. The first-order valence-electron chi connectivity index (χ1n) is 7.05. The van der Waals surface area contributed by atoms with Crippen LogP contribution in [-0.2, 0) is 0 Å². The van der Waals surface area contributed by atoms with Gasteiger partial charge in [0.2, 0.25) is 0 Å². The van der Waals surface area contributed by atoms with Crippen LogP contribution in [0.1, 0.15) is 5.56 Å². The summed E-state index contributed by atoms with van der Waals surface area (Å²) >= 11 is 1.40. The third-order valence-corrected chi connectivity index (χ3v) is 4.22. The Labute approximate surface area is 138 Å². The standard InChI is InChI=1S/C18H14FN3S/c1-3-12-23-18-21-20-17(14-9-5-6-10-15(14)19)22(18)16-11-7-4-8-13(16)2/h1,4-11H,12H2,2H3. The van der Waals surface area contributed by atoms with Crippen molar-refractivity contribution < 1.29 is 4.39 Å². The van der Waals surface area contributed by atoms with Crippen molar-refractivity contribution in [3.05, 3.63) is 59.9 Å². The maximum atomic E-state index is 14.2. The number of hydrogen-bond donors (Lipinski definition) is 0. The van der Waals surface area contributed by atoms with Gasteiger partial charge in [-0.3, -0.25) is 4.57 Å². The second kappa shape index (κ2) is 6.67. The maximum Gasteiger partial charge on any atom is 0.197 e. The molecule has 0 atom stereocenters. The summed E-state index contributed by atoms with van der Waals surface area (Å²) in [5.41, 5.74) is 2.37. The lowest BCUT2D eigenvalue weighted by molar-refractivity contribution is 0.629. The van der Waals surface area contributed by atoms with Gasteiger partial charge in [0.1, 0.15) is 5.82 Å². The number of nitrogens with zero attached hydrogens (tertiary/aromatic N) is 3. The summed E-state index contributed by atoms with van der Waals surface area (Å²) in [4.78, 5) is 0. The monoisotopic (exact) mass is 323 g/mol. The summed E-state index contributed by atoms with van der Waals surface area (Å²) < 4.78 is 16.1. The van der Waals surface area contributed by atoms with E-state index >= 15 is 0 Å². The fraction of sp³-hybridized carbons (Fsp3) is 0.111. The van der Waals surface area contributed by atoms with Crippen LogP contribution < -0.4 is 0 Å². The number of aromatic nitrogens is 3. The van der Waals surface area contributed by atoms with E-state index in [1.54, 1.807) is 18.2 Å². The van der Waals surface area contributed by atoms with Gasteiger partial charge in [0.15, 0.2) is 11.0 Å². The van der Waals surface area contributed by atoms with Crippen LogP contribution in [0.15, 0.2) is 53.7 Å². The molecule has 5 heteroatoms. The largest absolute Gasteiger partial charge is 0.270 e. The van der Waals surface area contributed by atoms with Crippen molar-refractivity contribution in [2.75, 3.05) is 5.75 Å². The number of thioether (sulfide) groups is 1. The zero-order chi connectivity index (χ0) is 16.2. The normalized spacial score (nSPS) is 10.5. The van der Waals surface area contributed by atoms with E-state index in [4.69, 9.17) is 6.42 Å². The van der Waals surface area contributed by atoms with Crippen molar-refractivity contribution in [3.63, 3.8) is 0 Å². The Morgan fingerprint density at radius 2 is 1.87 bits per heavy atom. The Morgan fingerprint density at radius 3 is 2.61 bits per heavy atom. The van der Waals surface area contributed by atoms with E-state index in [0.717, 1.165) is 11.3 Å². The topological polar surface area (TPSA) is 30.7 Å². The highest BCUT2D eigenvalue weighted by molar-refractivity contribution is 7.99. The SMILES string of the molecule is C#CCSc1nnc(-c2ccccc2F)n1-c1ccccc1C. The van der Waals surface area contributed by atoms with Gasteiger partial charge in [-0.2, -0.15) is 0 Å². The average Bonchev–Trinajstić information content (AvgIpc) is 2.97. The van der Waals surface area contributed by atoms with Crippen LogP contribution in [0, 0.1) is 25.1 Å². The van der Waals surface area contributed by atoms with Gasteiger partial charge >= 0.3 is 0 Å². The summed E-state index contributed by atoms with van der Waals surface area (Å²) in [6.45, 7) is 2.00. The van der Waals surface area contributed by atoms with E-state index in [1.165, 1.54) is 17.8 Å². The molecule has 0 radical (unpaired) electrons. The molecule has 0 fully saturated rings. The second-order valence-electron chi connectivity index (χ2n) is 4.90. The Bertz CT molecular complexity index is 880. The van der Waals surface area contributed by atoms with E-state index in [2.05, 4.69) is 16.1 Å². The zero-order valence-electron chi connectivity index (χ0n) is 12.5. The quantitative estimate of drug-likeness (QED) is 0.535. The van der Waals surface area contributed by atoms with Gasteiger partial charge in [0.05, 0.1) is 17.0 Å². The molecule has 3 nitrogen and oxygen atoms in total. The summed E-state index contributed by atoms with van der Waals surface area (Å²) in [7, 11) is 0. The molecular weight excluding hydrogens is 309 g/mol. The first-order chi connectivity index (χ1) is 11.2. The van der Waals surface area contributed by atoms with E-state index in [0.29, 0.717) is 22.3 Å². The van der Waals surface area contributed by atoms with Crippen LogP contribution in [0.2, 0.25) is 0 Å². The molecule has 0 N–H and O–H groups in total. The lowest BCUT2D eigenvalue weighted by atomic mass is 10.1. The number of terminal acetylenes is 1. The Hall–Kier alpha value is -2.58. The molecule has 3 rings (SSSR count). The lowest BCUT2D eigenvalue weighted by Crippen LogP contribution is -2.02. The molecule has 0 bridgehead atoms. The van der Waals surface area contributed by atoms with Gasteiger partial charge in [0.25, 0.3) is 0 Å². The molecule has 1 aromatic heterocycles. The maximum absolute atomic E-state index is 14.2. The Kier molecular flexibility index (Phi) is 4.45. The second-order valence-corrected chi connectivity index (χ2v) is 5.84. The van der Waals surface area contributed by atoms with E-state index in [1.807, 2.05) is 35.8 Å². The number of rotatable bonds is 4. The minimum atomic E-state index is -0.330. The highest BCUT2D eigenvalue weighted by atomic mass is 32.2. The predicted octanol–water partition coefficient (Wildman–Crippen LogP) is 4.11. The highest BCUT2D eigenvalue weighted by Gasteiger charge is 2.19. The fourth-order valence-corrected chi connectivity index (χ4v) is 2.94. The molecule has 1 heterocycles. The smallest absolute Gasteiger partial charge is 0.197 e. The predicted molar refractivity (Wildman–Crippen MR) is 91.0 cm³/mol. The van der Waals surface area contributed by atoms with Gasteiger partial charge in [-0.25, -0.2) is 4.39 Å². The molecule has 0 saturated heterocycles.